The second kappa shape index (κ2) is 6.94. The summed E-state index contributed by atoms with van der Waals surface area (Å²) in [6.07, 6.45) is 8.57. The molecule has 2 atom stereocenters. The van der Waals surface area contributed by atoms with E-state index in [0.29, 0.717) is 5.92 Å². The first-order chi connectivity index (χ1) is 15.0. The average Bonchev–Trinajstić information content (AvgIpc) is 3.36. The Morgan fingerprint density at radius 2 is 1.62 bits per heavy atom. The van der Waals surface area contributed by atoms with Crippen LogP contribution in [0.5, 0.6) is 0 Å². The second-order valence-corrected chi connectivity index (χ2v) is 11.5. The molecule has 0 bridgehead atoms. The normalized spacial score (nSPS) is 27.3. The van der Waals surface area contributed by atoms with Gasteiger partial charge in [0.15, 0.2) is 0 Å². The summed E-state index contributed by atoms with van der Waals surface area (Å²) in [5.74, 6) is -0.300. The second-order valence-electron chi connectivity index (χ2n) is 11.5. The van der Waals surface area contributed by atoms with Crippen molar-refractivity contribution in [2.75, 3.05) is 0 Å². The molecule has 0 spiro atoms. The molecule has 3 aliphatic carbocycles. The summed E-state index contributed by atoms with van der Waals surface area (Å²) in [6.45, 7) is 11.5. The lowest BCUT2D eigenvalue weighted by molar-refractivity contribution is -0.131. The van der Waals surface area contributed by atoms with Crippen LogP contribution in [0.1, 0.15) is 88.1 Å². The number of allylic oxidation sites excluding steroid dienone is 3. The number of hydrogen-bond acceptors (Lipinski definition) is 1. The van der Waals surface area contributed by atoms with Gasteiger partial charge >= 0.3 is 5.97 Å². The van der Waals surface area contributed by atoms with Crippen LogP contribution in [-0.2, 0) is 21.0 Å². The van der Waals surface area contributed by atoms with Crippen LogP contribution in [0, 0.1) is 5.92 Å². The number of carboxylic acids is 1. The first-order valence-corrected chi connectivity index (χ1v) is 11.9. The molecule has 3 aliphatic rings. The van der Waals surface area contributed by atoms with Crippen LogP contribution >= 0.6 is 0 Å². The molecule has 0 aromatic heterocycles. The largest absolute Gasteiger partial charge is 0.478 e. The Bertz CT molecular complexity index is 1160. The van der Waals surface area contributed by atoms with Gasteiger partial charge in [-0.05, 0) is 88.3 Å². The Morgan fingerprint density at radius 3 is 2.25 bits per heavy atom. The molecule has 2 aromatic rings. The number of carboxylic acid groups (broad SMARTS) is 1. The van der Waals surface area contributed by atoms with Crippen molar-refractivity contribution in [3.8, 4) is 0 Å². The zero-order valence-corrected chi connectivity index (χ0v) is 20.0. The molecule has 0 saturated heterocycles. The van der Waals surface area contributed by atoms with Gasteiger partial charge in [0.25, 0.3) is 0 Å². The van der Waals surface area contributed by atoms with Gasteiger partial charge < -0.3 is 5.11 Å². The van der Waals surface area contributed by atoms with Crippen LogP contribution in [0.2, 0.25) is 0 Å². The third-order valence-electron chi connectivity index (χ3n) is 8.58. The number of hydrogen-bond donors (Lipinski definition) is 1. The van der Waals surface area contributed by atoms with E-state index in [9.17, 15) is 4.79 Å². The maximum absolute atomic E-state index is 11.0. The molecule has 1 saturated carbocycles. The fourth-order valence-electron chi connectivity index (χ4n) is 6.22. The lowest BCUT2D eigenvalue weighted by atomic mass is 9.62. The molecule has 0 radical (unpaired) electrons. The minimum absolute atomic E-state index is 0.244. The molecule has 32 heavy (non-hydrogen) atoms. The quantitative estimate of drug-likeness (QED) is 0.522. The Labute approximate surface area is 192 Å². The highest BCUT2D eigenvalue weighted by Crippen LogP contribution is 2.67. The predicted molar refractivity (Wildman–Crippen MR) is 132 cm³/mol. The van der Waals surface area contributed by atoms with Gasteiger partial charge in [-0.1, -0.05) is 76.2 Å². The zero-order valence-electron chi connectivity index (χ0n) is 20.0. The minimum Gasteiger partial charge on any atom is -0.478 e. The summed E-state index contributed by atoms with van der Waals surface area (Å²) in [7, 11) is 0. The van der Waals surface area contributed by atoms with E-state index in [1.807, 2.05) is 6.92 Å². The SMILES string of the molecule is CC(=CC(=O)O)c1ccc(C2=CCC3(c4ccc5c(c4)C(C)(C)CCC5(C)C)CC23)cc1. The highest BCUT2D eigenvalue weighted by Gasteiger charge is 2.59. The Balaban J connectivity index is 1.42. The Hall–Kier alpha value is -2.61. The number of carbonyl (C=O) groups is 1. The molecule has 2 nitrogen and oxygen atoms in total. The summed E-state index contributed by atoms with van der Waals surface area (Å²) in [5.41, 5.74) is 9.90. The molecule has 2 heteroatoms. The summed E-state index contributed by atoms with van der Waals surface area (Å²) in [6, 6.07) is 15.8. The van der Waals surface area contributed by atoms with Crippen molar-refractivity contribution >= 4 is 17.1 Å². The lowest BCUT2D eigenvalue weighted by Gasteiger charge is -2.42. The highest BCUT2D eigenvalue weighted by molar-refractivity contribution is 5.89. The van der Waals surface area contributed by atoms with Crippen LogP contribution in [0.3, 0.4) is 0 Å². The third kappa shape index (κ3) is 3.27. The molecular weight excluding hydrogens is 392 g/mol. The number of rotatable bonds is 4. The van der Waals surface area contributed by atoms with Crippen LogP contribution in [0.4, 0.5) is 0 Å². The van der Waals surface area contributed by atoms with Crippen molar-refractivity contribution in [1.82, 2.24) is 0 Å². The van der Waals surface area contributed by atoms with Crippen LogP contribution in [0.15, 0.2) is 54.6 Å². The summed E-state index contributed by atoms with van der Waals surface area (Å²) in [4.78, 5) is 11.0. The molecule has 166 valence electrons. The number of aliphatic carboxylic acids is 1. The van der Waals surface area contributed by atoms with Gasteiger partial charge in [-0.25, -0.2) is 4.79 Å². The Kier molecular flexibility index (Phi) is 4.61. The lowest BCUT2D eigenvalue weighted by Crippen LogP contribution is -2.34. The van der Waals surface area contributed by atoms with Crippen LogP contribution in [0.25, 0.3) is 11.1 Å². The van der Waals surface area contributed by atoms with E-state index in [1.54, 1.807) is 5.56 Å². The molecule has 2 unspecified atom stereocenters. The number of benzene rings is 2. The van der Waals surface area contributed by atoms with Gasteiger partial charge in [0.05, 0.1) is 0 Å². The van der Waals surface area contributed by atoms with Gasteiger partial charge in [-0.2, -0.15) is 0 Å². The zero-order chi connectivity index (χ0) is 22.9. The Morgan fingerprint density at radius 1 is 0.969 bits per heavy atom. The summed E-state index contributed by atoms with van der Waals surface area (Å²) in [5, 5.41) is 9.00. The fraction of sp³-hybridized carbons (Fsp3) is 0.433. The van der Waals surface area contributed by atoms with E-state index in [2.05, 4.69) is 76.2 Å². The van der Waals surface area contributed by atoms with E-state index in [1.165, 1.54) is 47.6 Å². The smallest absolute Gasteiger partial charge is 0.328 e. The maximum Gasteiger partial charge on any atom is 0.328 e. The van der Waals surface area contributed by atoms with Crippen molar-refractivity contribution < 1.29 is 9.90 Å². The molecule has 1 N–H and O–H groups in total. The molecule has 0 heterocycles. The number of fused-ring (bicyclic) bond motifs is 2. The predicted octanol–water partition coefficient (Wildman–Crippen LogP) is 7.27. The third-order valence-corrected chi connectivity index (χ3v) is 8.58. The first-order valence-electron chi connectivity index (χ1n) is 11.9. The van der Waals surface area contributed by atoms with E-state index >= 15 is 0 Å². The average molecular weight is 427 g/mol. The van der Waals surface area contributed by atoms with Crippen molar-refractivity contribution in [2.45, 2.75) is 76.5 Å². The maximum atomic E-state index is 11.0. The first kappa shape index (κ1) is 21.2. The van der Waals surface area contributed by atoms with E-state index in [4.69, 9.17) is 5.11 Å². The van der Waals surface area contributed by atoms with E-state index in [-0.39, 0.29) is 16.2 Å². The molecule has 0 amide bonds. The highest BCUT2D eigenvalue weighted by atomic mass is 16.4. The molecule has 0 aliphatic heterocycles. The fourth-order valence-corrected chi connectivity index (χ4v) is 6.22. The van der Waals surface area contributed by atoms with Gasteiger partial charge in [-0.15, -0.1) is 0 Å². The minimum atomic E-state index is -0.899. The topological polar surface area (TPSA) is 37.3 Å². The summed E-state index contributed by atoms with van der Waals surface area (Å²) < 4.78 is 0. The molecule has 5 rings (SSSR count). The van der Waals surface area contributed by atoms with Crippen molar-refractivity contribution in [1.29, 1.82) is 0 Å². The van der Waals surface area contributed by atoms with Crippen molar-refractivity contribution in [3.05, 3.63) is 82.4 Å². The van der Waals surface area contributed by atoms with E-state index in [0.717, 1.165) is 17.6 Å². The van der Waals surface area contributed by atoms with Gasteiger partial charge in [0, 0.05) is 11.5 Å². The molecule has 1 fully saturated rings. The van der Waals surface area contributed by atoms with Gasteiger partial charge in [0.2, 0.25) is 0 Å². The van der Waals surface area contributed by atoms with E-state index < -0.39 is 5.97 Å². The standard InChI is InChI=1S/C30H34O2/c1-19(16-27(31)32)20-6-8-21(9-7-20)23-12-13-30(18-26(23)30)22-10-11-24-25(17-22)29(4,5)15-14-28(24,2)3/h6-12,16-17,26H,13-15,18H2,1-5H3,(H,31,32). The van der Waals surface area contributed by atoms with Gasteiger partial charge in [0.1, 0.15) is 0 Å². The molecular formula is C30H34O2. The summed E-state index contributed by atoms with van der Waals surface area (Å²) >= 11 is 0. The van der Waals surface area contributed by atoms with Crippen LogP contribution in [-0.4, -0.2) is 11.1 Å². The van der Waals surface area contributed by atoms with Crippen molar-refractivity contribution in [3.63, 3.8) is 0 Å². The van der Waals surface area contributed by atoms with Gasteiger partial charge in [-0.3, -0.25) is 0 Å². The van der Waals surface area contributed by atoms with Crippen molar-refractivity contribution in [2.24, 2.45) is 5.92 Å². The monoisotopic (exact) mass is 426 g/mol. The van der Waals surface area contributed by atoms with Crippen LogP contribution < -0.4 is 0 Å². The molecule has 2 aromatic carbocycles.